The van der Waals surface area contributed by atoms with E-state index >= 15 is 0 Å². The first kappa shape index (κ1) is 22.6. The smallest absolute Gasteiger partial charge is 0.337 e. The van der Waals surface area contributed by atoms with Crippen LogP contribution in [0.3, 0.4) is 0 Å². The summed E-state index contributed by atoms with van der Waals surface area (Å²) in [6.45, 7) is 6.92. The predicted octanol–water partition coefficient (Wildman–Crippen LogP) is 6.07. The van der Waals surface area contributed by atoms with E-state index in [0.717, 1.165) is 18.1 Å². The van der Waals surface area contributed by atoms with Crippen molar-refractivity contribution in [2.45, 2.75) is 52.8 Å². The van der Waals surface area contributed by atoms with Crippen molar-refractivity contribution in [3.63, 3.8) is 0 Å². The van der Waals surface area contributed by atoms with Crippen LogP contribution < -0.4 is 0 Å². The molecule has 1 saturated heterocycles. The van der Waals surface area contributed by atoms with Crippen molar-refractivity contribution in [1.29, 1.82) is 0 Å². The van der Waals surface area contributed by atoms with E-state index in [2.05, 4.69) is 4.98 Å². The number of nitrogens with zero attached hydrogens (tertiary/aromatic N) is 2. The van der Waals surface area contributed by atoms with E-state index < -0.39 is 11.7 Å². The lowest BCUT2D eigenvalue weighted by Gasteiger charge is -2.40. The first-order valence-corrected chi connectivity index (χ1v) is 10.4. The Morgan fingerprint density at radius 3 is 2.60 bits per heavy atom. The van der Waals surface area contributed by atoms with Gasteiger partial charge in [0.05, 0.1) is 22.8 Å². The number of hydrogen-bond donors (Lipinski definition) is 0. The van der Waals surface area contributed by atoms with Gasteiger partial charge in [0.1, 0.15) is 0 Å². The van der Waals surface area contributed by atoms with Gasteiger partial charge in [0.25, 0.3) is 0 Å². The zero-order chi connectivity index (χ0) is 22.1. The predicted molar refractivity (Wildman–Crippen MR) is 111 cm³/mol. The highest BCUT2D eigenvalue weighted by Crippen LogP contribution is 2.39. The van der Waals surface area contributed by atoms with Crippen LogP contribution in [-0.2, 0) is 23.9 Å². The van der Waals surface area contributed by atoms with Crippen molar-refractivity contribution < 1.29 is 18.0 Å². The Bertz CT molecular complexity index is 927. The molecule has 1 atom stereocenters. The number of likely N-dealkylation sites (tertiary alicyclic amines) is 1. The molecular weight excluding hydrogens is 413 g/mol. The summed E-state index contributed by atoms with van der Waals surface area (Å²) in [5.41, 5.74) is 1.35. The lowest BCUT2D eigenvalue weighted by Crippen LogP contribution is -2.43. The van der Waals surface area contributed by atoms with E-state index in [-0.39, 0.29) is 17.2 Å². The summed E-state index contributed by atoms with van der Waals surface area (Å²) in [5.74, 6) is 0.124. The van der Waals surface area contributed by atoms with Gasteiger partial charge in [0.2, 0.25) is 5.91 Å². The number of rotatable bonds is 5. The quantitative estimate of drug-likeness (QED) is 0.567. The van der Waals surface area contributed by atoms with Gasteiger partial charge in [-0.3, -0.25) is 9.78 Å². The number of alkyl halides is 3. The first-order valence-electron chi connectivity index (χ1n) is 10.0. The van der Waals surface area contributed by atoms with Crippen LogP contribution in [0.25, 0.3) is 0 Å². The number of benzene rings is 1. The molecule has 2 aromatic rings. The number of aromatic nitrogens is 1. The van der Waals surface area contributed by atoms with Gasteiger partial charge in [0.15, 0.2) is 0 Å². The molecule has 0 radical (unpaired) electrons. The summed E-state index contributed by atoms with van der Waals surface area (Å²) < 4.78 is 39.0. The summed E-state index contributed by atoms with van der Waals surface area (Å²) in [7, 11) is 0. The van der Waals surface area contributed by atoms with Crippen LogP contribution in [-0.4, -0.2) is 22.3 Å². The summed E-state index contributed by atoms with van der Waals surface area (Å²) in [6.07, 6.45) is -0.972. The molecule has 1 amide bonds. The van der Waals surface area contributed by atoms with Gasteiger partial charge in [-0.2, -0.15) is 13.2 Å². The molecule has 0 bridgehead atoms. The number of aryl methyl sites for hydroxylation is 1. The standard InChI is InChI=1S/C23H26ClF3N2O/c1-15-9-19(24)20(28-13-15)14-29-8-7-17(11-21(29)30)22(2,3)12-16-5-4-6-18(10-16)23(25,26)27/h4-6,9-10,13,17H,7-8,11-12,14H2,1-3H3. The highest BCUT2D eigenvalue weighted by atomic mass is 35.5. The molecule has 30 heavy (non-hydrogen) atoms. The number of hydrogen-bond acceptors (Lipinski definition) is 2. The van der Waals surface area contributed by atoms with Crippen LogP contribution in [0.2, 0.25) is 5.02 Å². The molecule has 1 unspecified atom stereocenters. The molecule has 1 aromatic carbocycles. The normalized spacial score (nSPS) is 18.0. The monoisotopic (exact) mass is 438 g/mol. The number of amides is 1. The third-order valence-electron chi connectivity index (χ3n) is 5.94. The Labute approximate surface area is 180 Å². The second-order valence-electron chi connectivity index (χ2n) is 8.81. The van der Waals surface area contributed by atoms with Gasteiger partial charge < -0.3 is 4.90 Å². The Morgan fingerprint density at radius 1 is 1.23 bits per heavy atom. The van der Waals surface area contributed by atoms with Crippen LogP contribution in [0.1, 0.15) is 49.1 Å². The highest BCUT2D eigenvalue weighted by molar-refractivity contribution is 6.31. The highest BCUT2D eigenvalue weighted by Gasteiger charge is 2.37. The van der Waals surface area contributed by atoms with Crippen LogP contribution >= 0.6 is 11.6 Å². The fraction of sp³-hybridized carbons (Fsp3) is 0.478. The average molecular weight is 439 g/mol. The van der Waals surface area contributed by atoms with Gasteiger partial charge in [-0.25, -0.2) is 0 Å². The molecule has 0 saturated carbocycles. The summed E-state index contributed by atoms with van der Waals surface area (Å²) >= 11 is 6.25. The average Bonchev–Trinajstić information content (AvgIpc) is 2.64. The summed E-state index contributed by atoms with van der Waals surface area (Å²) in [6, 6.07) is 7.30. The molecule has 3 nitrogen and oxygen atoms in total. The van der Waals surface area contributed by atoms with E-state index in [9.17, 15) is 18.0 Å². The molecule has 0 N–H and O–H groups in total. The largest absolute Gasteiger partial charge is 0.416 e. The molecule has 0 spiro atoms. The molecule has 0 aliphatic carbocycles. The Hall–Kier alpha value is -2.08. The molecule has 1 fully saturated rings. The van der Waals surface area contributed by atoms with E-state index in [1.54, 1.807) is 17.2 Å². The van der Waals surface area contributed by atoms with Gasteiger partial charge in [-0.1, -0.05) is 43.6 Å². The van der Waals surface area contributed by atoms with Crippen molar-refractivity contribution in [2.24, 2.45) is 11.3 Å². The van der Waals surface area contributed by atoms with Gasteiger partial charge >= 0.3 is 6.18 Å². The summed E-state index contributed by atoms with van der Waals surface area (Å²) in [5, 5.41) is 0.551. The Morgan fingerprint density at radius 2 is 1.97 bits per heavy atom. The lowest BCUT2D eigenvalue weighted by molar-refractivity contribution is -0.138. The number of carbonyl (C=O) groups excluding carboxylic acids is 1. The summed E-state index contributed by atoms with van der Waals surface area (Å²) in [4.78, 5) is 18.9. The topological polar surface area (TPSA) is 33.2 Å². The third kappa shape index (κ3) is 5.34. The van der Waals surface area contributed by atoms with Crippen molar-refractivity contribution in [2.75, 3.05) is 6.54 Å². The molecule has 2 heterocycles. The fourth-order valence-electron chi connectivity index (χ4n) is 4.10. The number of pyridine rings is 1. The van der Waals surface area contributed by atoms with E-state index in [1.807, 2.05) is 26.8 Å². The van der Waals surface area contributed by atoms with Crippen molar-refractivity contribution in [1.82, 2.24) is 9.88 Å². The zero-order valence-electron chi connectivity index (χ0n) is 17.4. The number of piperidine rings is 1. The molecule has 1 aromatic heterocycles. The first-order chi connectivity index (χ1) is 14.0. The Balaban J connectivity index is 1.66. The number of halogens is 4. The Kier molecular flexibility index (Phi) is 6.46. The van der Waals surface area contributed by atoms with Gasteiger partial charge in [-0.15, -0.1) is 0 Å². The SMILES string of the molecule is Cc1cnc(CN2CCC(C(C)(C)Cc3cccc(C(F)(F)F)c3)CC2=O)c(Cl)c1. The number of carbonyl (C=O) groups is 1. The van der Waals surface area contributed by atoms with E-state index in [4.69, 9.17) is 11.6 Å². The van der Waals surface area contributed by atoms with Crippen LogP contribution in [0.5, 0.6) is 0 Å². The maximum absolute atomic E-state index is 13.0. The zero-order valence-corrected chi connectivity index (χ0v) is 18.1. The van der Waals surface area contributed by atoms with Crippen LogP contribution in [0, 0.1) is 18.3 Å². The molecular formula is C23H26ClF3N2O. The second-order valence-corrected chi connectivity index (χ2v) is 9.22. The minimum absolute atomic E-state index is 0.0295. The second kappa shape index (κ2) is 8.58. The van der Waals surface area contributed by atoms with Crippen molar-refractivity contribution >= 4 is 17.5 Å². The molecule has 1 aliphatic heterocycles. The minimum atomic E-state index is -4.35. The molecule has 7 heteroatoms. The molecule has 3 rings (SSSR count). The van der Waals surface area contributed by atoms with E-state index in [1.165, 1.54) is 12.1 Å². The fourth-order valence-corrected chi connectivity index (χ4v) is 4.38. The van der Waals surface area contributed by atoms with Gasteiger partial charge in [-0.05, 0) is 54.4 Å². The van der Waals surface area contributed by atoms with Gasteiger partial charge in [0, 0.05) is 19.2 Å². The van der Waals surface area contributed by atoms with Crippen molar-refractivity contribution in [3.05, 3.63) is 63.9 Å². The maximum Gasteiger partial charge on any atom is 0.416 e. The lowest BCUT2D eigenvalue weighted by atomic mass is 9.70. The molecule has 162 valence electrons. The third-order valence-corrected chi connectivity index (χ3v) is 6.26. The van der Waals surface area contributed by atoms with Crippen LogP contribution in [0.15, 0.2) is 36.5 Å². The van der Waals surface area contributed by atoms with E-state index in [0.29, 0.717) is 42.2 Å². The molecule has 1 aliphatic rings. The van der Waals surface area contributed by atoms with Crippen molar-refractivity contribution in [3.8, 4) is 0 Å². The maximum atomic E-state index is 13.0. The minimum Gasteiger partial charge on any atom is -0.337 e. The van der Waals surface area contributed by atoms with Crippen LogP contribution in [0.4, 0.5) is 13.2 Å².